The first-order valence-corrected chi connectivity index (χ1v) is 19.3. The summed E-state index contributed by atoms with van der Waals surface area (Å²) in [6.45, 7) is 16.4. The fraction of sp³-hybridized carbons (Fsp3) is 0.714. The van der Waals surface area contributed by atoms with Crippen LogP contribution in [0.1, 0.15) is 167 Å². The van der Waals surface area contributed by atoms with Gasteiger partial charge in [0.05, 0.1) is 0 Å². The highest BCUT2D eigenvalue weighted by Gasteiger charge is 2.09. The minimum absolute atomic E-state index is 1.09. The minimum Gasteiger partial charge on any atom is -0.299 e. The van der Waals surface area contributed by atoms with Gasteiger partial charge < -0.3 is 0 Å². The highest BCUT2D eigenvalue weighted by molar-refractivity contribution is 5.64. The molecule has 0 aliphatic heterocycles. The van der Waals surface area contributed by atoms with Crippen LogP contribution in [0.2, 0.25) is 0 Å². The maximum absolute atomic E-state index is 2.72. The molecule has 2 heteroatoms. The topological polar surface area (TPSA) is 6.48 Å². The number of hydrogen-bond donors (Lipinski definition) is 0. The number of unbranched alkanes of at least 4 members (excludes halogenated alkanes) is 16. The fourth-order valence-corrected chi connectivity index (χ4v) is 6.42. The fourth-order valence-electron chi connectivity index (χ4n) is 6.42. The first-order chi connectivity index (χ1) is 21.7. The van der Waals surface area contributed by atoms with Crippen molar-refractivity contribution in [3.63, 3.8) is 0 Å². The van der Waals surface area contributed by atoms with E-state index in [4.69, 9.17) is 0 Å². The van der Waals surface area contributed by atoms with E-state index in [-0.39, 0.29) is 0 Å². The molecule has 0 saturated heterocycles. The van der Waals surface area contributed by atoms with Gasteiger partial charge in [-0.3, -0.25) is 9.80 Å². The second-order valence-electron chi connectivity index (χ2n) is 13.6. The molecule has 0 spiro atoms. The van der Waals surface area contributed by atoms with E-state index in [1.54, 1.807) is 0 Å². The summed E-state index contributed by atoms with van der Waals surface area (Å²) in [4.78, 5) is 5.44. The summed E-state index contributed by atoms with van der Waals surface area (Å²) in [6.07, 6.45) is 27.3. The zero-order valence-corrected chi connectivity index (χ0v) is 29.9. The van der Waals surface area contributed by atoms with Gasteiger partial charge in [0.15, 0.2) is 0 Å². The molecular weight excluding hydrogens is 532 g/mol. The zero-order chi connectivity index (χ0) is 31.5. The van der Waals surface area contributed by atoms with Gasteiger partial charge in [-0.15, -0.1) is 0 Å². The highest BCUT2D eigenvalue weighted by Crippen LogP contribution is 2.22. The summed E-state index contributed by atoms with van der Waals surface area (Å²) < 4.78 is 0. The van der Waals surface area contributed by atoms with Gasteiger partial charge in [0.1, 0.15) is 0 Å². The van der Waals surface area contributed by atoms with E-state index in [2.05, 4.69) is 86.0 Å². The van der Waals surface area contributed by atoms with Crippen molar-refractivity contribution in [2.24, 2.45) is 0 Å². The summed E-state index contributed by atoms with van der Waals surface area (Å²) in [5, 5.41) is 0. The van der Waals surface area contributed by atoms with Crippen LogP contribution in [-0.4, -0.2) is 36.0 Å². The van der Waals surface area contributed by atoms with E-state index < -0.39 is 0 Å². The Morgan fingerprint density at radius 3 is 0.864 bits per heavy atom. The summed E-state index contributed by atoms with van der Waals surface area (Å²) >= 11 is 0. The first-order valence-electron chi connectivity index (χ1n) is 19.3. The lowest BCUT2D eigenvalue weighted by atomic mass is 10.0. The van der Waals surface area contributed by atoms with Crippen molar-refractivity contribution in [1.82, 2.24) is 9.80 Å². The van der Waals surface area contributed by atoms with Crippen LogP contribution in [0.15, 0.2) is 48.5 Å². The SMILES string of the molecule is CCCCCCCCN(CCCCCC)Cc1ccc(-c2ccc(CN(CCCCCC)CCCCCCCC)cc2)cc1. The predicted octanol–water partition coefficient (Wildman–Crippen LogP) is 12.8. The Bertz CT molecular complexity index is 811. The molecule has 0 radical (unpaired) electrons. The molecule has 0 saturated carbocycles. The molecule has 0 unspecified atom stereocenters. The molecule has 0 atom stereocenters. The molecule has 2 nitrogen and oxygen atoms in total. The molecule has 0 aromatic heterocycles. The smallest absolute Gasteiger partial charge is 0.0233 e. The molecule has 250 valence electrons. The number of benzene rings is 2. The molecular formula is C42H72N2. The normalized spacial score (nSPS) is 11.7. The van der Waals surface area contributed by atoms with Crippen LogP contribution in [0.5, 0.6) is 0 Å². The van der Waals surface area contributed by atoms with Gasteiger partial charge in [0.2, 0.25) is 0 Å². The largest absolute Gasteiger partial charge is 0.299 e. The second kappa shape index (κ2) is 26.6. The van der Waals surface area contributed by atoms with Crippen molar-refractivity contribution in [3.05, 3.63) is 59.7 Å². The minimum atomic E-state index is 1.09. The maximum atomic E-state index is 2.72. The van der Waals surface area contributed by atoms with Crippen LogP contribution < -0.4 is 0 Å². The maximum Gasteiger partial charge on any atom is 0.0233 e. The van der Waals surface area contributed by atoms with E-state index in [0.29, 0.717) is 0 Å². The summed E-state index contributed by atoms with van der Waals surface area (Å²) in [6, 6.07) is 18.9. The Morgan fingerprint density at radius 1 is 0.318 bits per heavy atom. The van der Waals surface area contributed by atoms with Crippen molar-refractivity contribution in [3.8, 4) is 11.1 Å². The lowest BCUT2D eigenvalue weighted by Crippen LogP contribution is -2.25. The van der Waals surface area contributed by atoms with E-state index >= 15 is 0 Å². The van der Waals surface area contributed by atoms with E-state index in [9.17, 15) is 0 Å². The standard InChI is InChI=1S/C42H72N2/c1-5-9-13-17-19-23-35-43(33-21-15-11-7-3)37-39-25-29-41(30-26-39)42-31-27-40(28-32-42)38-44(34-22-16-12-8-4)36-24-20-18-14-10-6-2/h25-32H,5-24,33-38H2,1-4H3. The quantitative estimate of drug-likeness (QED) is 0.0852. The van der Waals surface area contributed by atoms with Crippen LogP contribution in [0, 0.1) is 0 Å². The Kier molecular flexibility index (Phi) is 23.3. The second-order valence-corrected chi connectivity index (χ2v) is 13.6. The zero-order valence-electron chi connectivity index (χ0n) is 29.9. The number of nitrogens with zero attached hydrogens (tertiary/aromatic N) is 2. The number of hydrogen-bond acceptors (Lipinski definition) is 2. The van der Waals surface area contributed by atoms with Crippen LogP contribution in [0.4, 0.5) is 0 Å². The molecule has 0 aliphatic rings. The summed E-state index contributed by atoms with van der Waals surface area (Å²) in [5.74, 6) is 0. The van der Waals surface area contributed by atoms with Crippen LogP contribution in [0.3, 0.4) is 0 Å². The molecule has 2 aromatic carbocycles. The Morgan fingerprint density at radius 2 is 0.568 bits per heavy atom. The van der Waals surface area contributed by atoms with Gasteiger partial charge in [-0.05, 0) is 74.1 Å². The van der Waals surface area contributed by atoms with Gasteiger partial charge in [0.25, 0.3) is 0 Å². The van der Waals surface area contributed by atoms with Gasteiger partial charge in [-0.1, -0.05) is 179 Å². The van der Waals surface area contributed by atoms with E-state index in [1.807, 2.05) is 0 Å². The Balaban J connectivity index is 1.90. The van der Waals surface area contributed by atoms with Crippen molar-refractivity contribution in [2.45, 2.75) is 169 Å². The van der Waals surface area contributed by atoms with E-state index in [0.717, 1.165) is 13.1 Å². The van der Waals surface area contributed by atoms with Crippen molar-refractivity contribution < 1.29 is 0 Å². The molecule has 2 aromatic rings. The third kappa shape index (κ3) is 18.4. The highest BCUT2D eigenvalue weighted by atomic mass is 15.1. The lowest BCUT2D eigenvalue weighted by Gasteiger charge is -2.23. The van der Waals surface area contributed by atoms with Crippen LogP contribution >= 0.6 is 0 Å². The molecule has 0 bridgehead atoms. The molecule has 2 rings (SSSR count). The van der Waals surface area contributed by atoms with E-state index in [1.165, 1.54) is 177 Å². The van der Waals surface area contributed by atoms with Gasteiger partial charge in [0, 0.05) is 13.1 Å². The average Bonchev–Trinajstić information content (AvgIpc) is 3.05. The molecule has 0 heterocycles. The van der Waals surface area contributed by atoms with Gasteiger partial charge in [-0.25, -0.2) is 0 Å². The first kappa shape index (κ1) is 38.5. The third-order valence-electron chi connectivity index (χ3n) is 9.37. The molecule has 0 N–H and O–H groups in total. The van der Waals surface area contributed by atoms with Crippen molar-refractivity contribution in [2.75, 3.05) is 26.2 Å². The Labute approximate surface area is 275 Å². The van der Waals surface area contributed by atoms with Crippen LogP contribution in [-0.2, 0) is 13.1 Å². The Hall–Kier alpha value is -1.64. The summed E-state index contributed by atoms with van der Waals surface area (Å²) in [5.41, 5.74) is 5.60. The average molecular weight is 605 g/mol. The van der Waals surface area contributed by atoms with Crippen molar-refractivity contribution in [1.29, 1.82) is 0 Å². The molecule has 0 fully saturated rings. The summed E-state index contributed by atoms with van der Waals surface area (Å²) in [7, 11) is 0. The lowest BCUT2D eigenvalue weighted by molar-refractivity contribution is 0.252. The number of rotatable bonds is 29. The van der Waals surface area contributed by atoms with Gasteiger partial charge >= 0.3 is 0 Å². The van der Waals surface area contributed by atoms with Crippen molar-refractivity contribution >= 4 is 0 Å². The predicted molar refractivity (Wildman–Crippen MR) is 197 cm³/mol. The molecule has 44 heavy (non-hydrogen) atoms. The van der Waals surface area contributed by atoms with Gasteiger partial charge in [-0.2, -0.15) is 0 Å². The van der Waals surface area contributed by atoms with Crippen LogP contribution in [0.25, 0.3) is 11.1 Å². The third-order valence-corrected chi connectivity index (χ3v) is 9.37. The molecule has 0 aliphatic carbocycles. The monoisotopic (exact) mass is 605 g/mol. The molecule has 0 amide bonds.